The molecule has 90 valence electrons. The number of anilines is 1. The number of hydrogen-bond donors (Lipinski definition) is 1. The highest BCUT2D eigenvalue weighted by Gasteiger charge is 2.18. The van der Waals surface area contributed by atoms with E-state index in [4.69, 9.17) is 11.6 Å². The fraction of sp³-hybridized carbons (Fsp3) is 0.444. The van der Waals surface area contributed by atoms with Gasteiger partial charge in [0.1, 0.15) is 5.15 Å². The fourth-order valence-electron chi connectivity index (χ4n) is 1.24. The second-order valence-corrected chi connectivity index (χ2v) is 5.12. The summed E-state index contributed by atoms with van der Waals surface area (Å²) in [6.45, 7) is 4.40. The topological polar surface area (TPSA) is 62.3 Å². The Morgan fingerprint density at radius 1 is 1.44 bits per heavy atom. The fourth-order valence-corrected chi connectivity index (χ4v) is 2.65. The van der Waals surface area contributed by atoms with E-state index in [0.717, 1.165) is 0 Å². The van der Waals surface area contributed by atoms with Gasteiger partial charge in [0.05, 0.1) is 5.69 Å². The van der Waals surface area contributed by atoms with Crippen LogP contribution in [0.5, 0.6) is 0 Å². The molecule has 0 unspecified atom stereocenters. The van der Waals surface area contributed by atoms with Crippen molar-refractivity contribution in [1.29, 1.82) is 0 Å². The second kappa shape index (κ2) is 5.47. The summed E-state index contributed by atoms with van der Waals surface area (Å²) >= 11 is 5.66. The zero-order valence-corrected chi connectivity index (χ0v) is 10.7. The van der Waals surface area contributed by atoms with Gasteiger partial charge in [-0.15, -0.1) is 0 Å². The van der Waals surface area contributed by atoms with Crippen LogP contribution in [0.4, 0.5) is 5.69 Å². The van der Waals surface area contributed by atoms with Crippen molar-refractivity contribution in [3.8, 4) is 0 Å². The van der Waals surface area contributed by atoms with E-state index in [2.05, 4.69) is 9.71 Å². The molecule has 0 aliphatic carbocycles. The molecule has 0 fully saturated rings. The molecule has 16 heavy (non-hydrogen) atoms. The van der Waals surface area contributed by atoms with Gasteiger partial charge < -0.3 is 0 Å². The first-order valence-electron chi connectivity index (χ1n) is 4.89. The van der Waals surface area contributed by atoms with Crippen molar-refractivity contribution in [3.05, 3.63) is 23.5 Å². The van der Waals surface area contributed by atoms with E-state index >= 15 is 0 Å². The molecule has 0 aliphatic heterocycles. The molecule has 7 heteroatoms. The van der Waals surface area contributed by atoms with Crippen molar-refractivity contribution in [2.24, 2.45) is 0 Å². The number of aromatic nitrogens is 1. The summed E-state index contributed by atoms with van der Waals surface area (Å²) in [6, 6.07) is 3.01. The Kier molecular flexibility index (Phi) is 4.52. The minimum Gasteiger partial charge on any atom is -0.271 e. The van der Waals surface area contributed by atoms with E-state index in [-0.39, 0.29) is 5.15 Å². The highest BCUT2D eigenvalue weighted by molar-refractivity contribution is 7.90. The zero-order chi connectivity index (χ0) is 12.2. The van der Waals surface area contributed by atoms with Gasteiger partial charge in [-0.3, -0.25) is 4.72 Å². The summed E-state index contributed by atoms with van der Waals surface area (Å²) in [5.41, 5.74) is 0.409. The maximum absolute atomic E-state index is 11.8. The number of hydrogen-bond acceptors (Lipinski definition) is 3. The molecule has 1 heterocycles. The Morgan fingerprint density at radius 3 is 2.56 bits per heavy atom. The molecule has 0 radical (unpaired) electrons. The molecule has 0 aromatic carbocycles. The molecule has 0 saturated heterocycles. The van der Waals surface area contributed by atoms with Crippen LogP contribution in [0.25, 0.3) is 0 Å². The lowest BCUT2D eigenvalue weighted by atomic mass is 10.4. The lowest BCUT2D eigenvalue weighted by Gasteiger charge is -2.19. The Labute approximate surface area is 101 Å². The first kappa shape index (κ1) is 13.2. The Bertz CT molecular complexity index is 446. The summed E-state index contributed by atoms with van der Waals surface area (Å²) in [4.78, 5) is 3.77. The van der Waals surface area contributed by atoms with Gasteiger partial charge in [-0.2, -0.15) is 12.7 Å². The van der Waals surface area contributed by atoms with Crippen LogP contribution in [0.2, 0.25) is 5.15 Å². The van der Waals surface area contributed by atoms with Gasteiger partial charge in [-0.1, -0.05) is 25.4 Å². The standard InChI is InChI=1S/C9H14ClN3O2S/c1-3-13(4-2)16(14,15)12-8-5-6-11-9(10)7-8/h5-7H,3-4H2,1-2H3,(H,11,12). The third kappa shape index (κ3) is 3.33. The van der Waals surface area contributed by atoms with Gasteiger partial charge in [0.25, 0.3) is 0 Å². The summed E-state index contributed by atoms with van der Waals surface area (Å²) in [6.07, 6.45) is 1.45. The molecular weight excluding hydrogens is 250 g/mol. The van der Waals surface area contributed by atoms with Crippen LogP contribution in [0, 0.1) is 0 Å². The molecule has 1 N–H and O–H groups in total. The molecule has 1 aromatic rings. The quantitative estimate of drug-likeness (QED) is 0.823. The van der Waals surface area contributed by atoms with Gasteiger partial charge in [-0.05, 0) is 12.1 Å². The number of nitrogens with zero attached hydrogens (tertiary/aromatic N) is 2. The number of rotatable bonds is 5. The van der Waals surface area contributed by atoms with Gasteiger partial charge >= 0.3 is 10.2 Å². The van der Waals surface area contributed by atoms with E-state index < -0.39 is 10.2 Å². The molecule has 0 spiro atoms. The number of nitrogens with one attached hydrogen (secondary N) is 1. The van der Waals surface area contributed by atoms with Crippen molar-refractivity contribution in [2.75, 3.05) is 17.8 Å². The summed E-state index contributed by atoms with van der Waals surface area (Å²) < 4.78 is 27.4. The normalized spacial score (nSPS) is 11.8. The molecular formula is C9H14ClN3O2S. The summed E-state index contributed by atoms with van der Waals surface area (Å²) in [7, 11) is -3.50. The number of halogens is 1. The minimum atomic E-state index is -3.50. The van der Waals surface area contributed by atoms with Crippen molar-refractivity contribution in [1.82, 2.24) is 9.29 Å². The predicted molar refractivity (Wildman–Crippen MR) is 64.7 cm³/mol. The lowest BCUT2D eigenvalue weighted by Crippen LogP contribution is -2.35. The van der Waals surface area contributed by atoms with Crippen molar-refractivity contribution in [2.45, 2.75) is 13.8 Å². The minimum absolute atomic E-state index is 0.250. The molecule has 1 rings (SSSR count). The second-order valence-electron chi connectivity index (χ2n) is 3.06. The highest BCUT2D eigenvalue weighted by atomic mass is 35.5. The summed E-state index contributed by atoms with van der Waals surface area (Å²) in [5.74, 6) is 0. The molecule has 0 aliphatic rings. The third-order valence-electron chi connectivity index (χ3n) is 2.02. The molecule has 0 atom stereocenters. The van der Waals surface area contributed by atoms with Crippen LogP contribution >= 0.6 is 11.6 Å². The van der Waals surface area contributed by atoms with Gasteiger partial charge in [0.15, 0.2) is 0 Å². The molecule has 0 bridgehead atoms. The summed E-state index contributed by atoms with van der Waals surface area (Å²) in [5, 5.41) is 0.250. The largest absolute Gasteiger partial charge is 0.301 e. The van der Waals surface area contributed by atoms with Crippen LogP contribution in [0.15, 0.2) is 18.3 Å². The molecule has 0 saturated carbocycles. The predicted octanol–water partition coefficient (Wildman–Crippen LogP) is 1.73. The Balaban J connectivity index is 2.88. The maximum atomic E-state index is 11.8. The SMILES string of the molecule is CCN(CC)S(=O)(=O)Nc1ccnc(Cl)c1. The van der Waals surface area contributed by atoms with Crippen LogP contribution in [0.3, 0.4) is 0 Å². The van der Waals surface area contributed by atoms with Crippen LogP contribution in [-0.2, 0) is 10.2 Å². The Hall–Kier alpha value is -0.850. The van der Waals surface area contributed by atoms with Crippen molar-refractivity contribution < 1.29 is 8.42 Å². The van der Waals surface area contributed by atoms with Gasteiger partial charge in [0, 0.05) is 19.3 Å². The first-order chi connectivity index (χ1) is 7.49. The maximum Gasteiger partial charge on any atom is 0.301 e. The third-order valence-corrected chi connectivity index (χ3v) is 3.92. The van der Waals surface area contributed by atoms with E-state index in [1.165, 1.54) is 16.6 Å². The molecule has 1 aromatic heterocycles. The van der Waals surface area contributed by atoms with E-state index in [9.17, 15) is 8.42 Å². The van der Waals surface area contributed by atoms with Crippen LogP contribution < -0.4 is 4.72 Å². The smallest absolute Gasteiger partial charge is 0.271 e. The van der Waals surface area contributed by atoms with Crippen molar-refractivity contribution >= 4 is 27.5 Å². The van der Waals surface area contributed by atoms with E-state index in [0.29, 0.717) is 18.8 Å². The molecule has 0 amide bonds. The first-order valence-corrected chi connectivity index (χ1v) is 6.70. The van der Waals surface area contributed by atoms with Gasteiger partial charge in [-0.25, -0.2) is 4.98 Å². The highest BCUT2D eigenvalue weighted by Crippen LogP contribution is 2.14. The average molecular weight is 264 g/mol. The zero-order valence-electron chi connectivity index (χ0n) is 9.14. The van der Waals surface area contributed by atoms with Crippen LogP contribution in [0.1, 0.15) is 13.8 Å². The molecule has 5 nitrogen and oxygen atoms in total. The van der Waals surface area contributed by atoms with E-state index in [1.807, 2.05) is 0 Å². The van der Waals surface area contributed by atoms with Crippen molar-refractivity contribution in [3.63, 3.8) is 0 Å². The number of pyridine rings is 1. The van der Waals surface area contributed by atoms with Gasteiger partial charge in [0.2, 0.25) is 0 Å². The lowest BCUT2D eigenvalue weighted by molar-refractivity contribution is 0.449. The average Bonchev–Trinajstić information content (AvgIpc) is 2.18. The Morgan fingerprint density at radius 2 is 2.06 bits per heavy atom. The monoisotopic (exact) mass is 263 g/mol. The van der Waals surface area contributed by atoms with E-state index in [1.54, 1.807) is 19.9 Å². The van der Waals surface area contributed by atoms with Crippen LogP contribution in [-0.4, -0.2) is 30.8 Å².